The molecule has 0 aromatic heterocycles. The standard InChI is InChI=1S/C17H17ClO3/c1-11-4-7-16(13(3)8-11)20-10-17(19)21-14-5-6-15(18)12(2)9-14/h4-9H,10H2,1-3H3. The summed E-state index contributed by atoms with van der Waals surface area (Å²) in [5.41, 5.74) is 3.00. The Kier molecular flexibility index (Phi) is 4.86. The molecule has 2 aromatic carbocycles. The number of carbonyl (C=O) groups excluding carboxylic acids is 1. The number of halogens is 1. The summed E-state index contributed by atoms with van der Waals surface area (Å²) in [6, 6.07) is 10.9. The molecule has 2 aromatic rings. The lowest BCUT2D eigenvalue weighted by Crippen LogP contribution is -2.18. The lowest BCUT2D eigenvalue weighted by atomic mass is 10.1. The zero-order valence-corrected chi connectivity index (χ0v) is 13.0. The highest BCUT2D eigenvalue weighted by Crippen LogP contribution is 2.22. The van der Waals surface area contributed by atoms with Crippen LogP contribution in [0.4, 0.5) is 0 Å². The van der Waals surface area contributed by atoms with Crippen LogP contribution in [0.15, 0.2) is 36.4 Å². The number of benzene rings is 2. The first-order valence-corrected chi connectivity index (χ1v) is 7.00. The van der Waals surface area contributed by atoms with E-state index in [-0.39, 0.29) is 6.61 Å². The molecule has 0 saturated carbocycles. The molecule has 0 saturated heterocycles. The second kappa shape index (κ2) is 6.64. The van der Waals surface area contributed by atoms with Crippen molar-refractivity contribution in [1.82, 2.24) is 0 Å². The molecule has 2 rings (SSSR count). The van der Waals surface area contributed by atoms with Crippen molar-refractivity contribution in [2.75, 3.05) is 6.61 Å². The topological polar surface area (TPSA) is 35.5 Å². The second-order valence-corrected chi connectivity index (χ2v) is 5.35. The fraction of sp³-hybridized carbons (Fsp3) is 0.235. The number of rotatable bonds is 4. The second-order valence-electron chi connectivity index (χ2n) is 4.94. The van der Waals surface area contributed by atoms with E-state index < -0.39 is 5.97 Å². The predicted molar refractivity (Wildman–Crippen MR) is 83.2 cm³/mol. The van der Waals surface area contributed by atoms with E-state index >= 15 is 0 Å². The van der Waals surface area contributed by atoms with E-state index in [0.29, 0.717) is 16.5 Å². The van der Waals surface area contributed by atoms with Crippen molar-refractivity contribution in [3.63, 3.8) is 0 Å². The molecule has 4 heteroatoms. The maximum atomic E-state index is 11.8. The van der Waals surface area contributed by atoms with Gasteiger partial charge < -0.3 is 9.47 Å². The maximum absolute atomic E-state index is 11.8. The zero-order valence-electron chi connectivity index (χ0n) is 12.3. The Morgan fingerprint density at radius 3 is 2.48 bits per heavy atom. The van der Waals surface area contributed by atoms with Gasteiger partial charge >= 0.3 is 5.97 Å². The first-order valence-electron chi connectivity index (χ1n) is 6.62. The van der Waals surface area contributed by atoms with Crippen LogP contribution in [0.1, 0.15) is 16.7 Å². The summed E-state index contributed by atoms with van der Waals surface area (Å²) in [6.07, 6.45) is 0. The lowest BCUT2D eigenvalue weighted by molar-refractivity contribution is -0.136. The van der Waals surface area contributed by atoms with E-state index in [0.717, 1.165) is 16.7 Å². The summed E-state index contributed by atoms with van der Waals surface area (Å²) in [6.45, 7) is 5.67. The van der Waals surface area contributed by atoms with Crippen LogP contribution < -0.4 is 9.47 Å². The minimum absolute atomic E-state index is 0.133. The number of ether oxygens (including phenoxy) is 2. The smallest absolute Gasteiger partial charge is 0.349 e. The number of aryl methyl sites for hydroxylation is 3. The van der Waals surface area contributed by atoms with Crippen molar-refractivity contribution >= 4 is 17.6 Å². The van der Waals surface area contributed by atoms with E-state index in [9.17, 15) is 4.79 Å². The molecule has 0 fully saturated rings. The van der Waals surface area contributed by atoms with Crippen LogP contribution in [0.3, 0.4) is 0 Å². The highest BCUT2D eigenvalue weighted by Gasteiger charge is 2.08. The Balaban J connectivity index is 1.94. The van der Waals surface area contributed by atoms with Crippen LogP contribution in [0.2, 0.25) is 5.02 Å². The van der Waals surface area contributed by atoms with Crippen molar-refractivity contribution in [3.05, 3.63) is 58.1 Å². The van der Waals surface area contributed by atoms with E-state index in [1.165, 1.54) is 0 Å². The Morgan fingerprint density at radius 1 is 1.05 bits per heavy atom. The van der Waals surface area contributed by atoms with Gasteiger partial charge in [-0.2, -0.15) is 0 Å². The fourth-order valence-electron chi connectivity index (χ4n) is 1.94. The minimum atomic E-state index is -0.448. The van der Waals surface area contributed by atoms with Crippen molar-refractivity contribution in [3.8, 4) is 11.5 Å². The fourth-order valence-corrected chi connectivity index (χ4v) is 2.06. The Bertz CT molecular complexity index is 665. The van der Waals surface area contributed by atoms with Crippen molar-refractivity contribution in [2.45, 2.75) is 20.8 Å². The SMILES string of the molecule is Cc1ccc(OCC(=O)Oc2ccc(Cl)c(C)c2)c(C)c1. The van der Waals surface area contributed by atoms with E-state index in [1.807, 2.05) is 39.0 Å². The van der Waals surface area contributed by atoms with Crippen LogP contribution in [-0.4, -0.2) is 12.6 Å². The van der Waals surface area contributed by atoms with Crippen LogP contribution in [-0.2, 0) is 4.79 Å². The molecule has 0 spiro atoms. The average molecular weight is 305 g/mol. The summed E-state index contributed by atoms with van der Waals surface area (Å²) in [7, 11) is 0. The minimum Gasteiger partial charge on any atom is -0.482 e. The van der Waals surface area contributed by atoms with E-state index in [2.05, 4.69) is 0 Å². The molecule has 0 atom stereocenters. The maximum Gasteiger partial charge on any atom is 0.349 e. The highest BCUT2D eigenvalue weighted by molar-refractivity contribution is 6.31. The van der Waals surface area contributed by atoms with Gasteiger partial charge in [0.1, 0.15) is 11.5 Å². The molecule has 21 heavy (non-hydrogen) atoms. The summed E-state index contributed by atoms with van der Waals surface area (Å²) in [4.78, 5) is 11.8. The van der Waals surface area contributed by atoms with Crippen molar-refractivity contribution in [1.29, 1.82) is 0 Å². The third kappa shape index (κ3) is 4.23. The largest absolute Gasteiger partial charge is 0.482 e. The van der Waals surface area contributed by atoms with Gasteiger partial charge in [-0.1, -0.05) is 29.3 Å². The first-order chi connectivity index (χ1) is 9.95. The summed E-state index contributed by atoms with van der Waals surface area (Å²) in [5.74, 6) is 0.702. The molecule has 110 valence electrons. The number of carbonyl (C=O) groups is 1. The Hall–Kier alpha value is -2.00. The van der Waals surface area contributed by atoms with Gasteiger partial charge in [0.15, 0.2) is 6.61 Å². The lowest BCUT2D eigenvalue weighted by Gasteiger charge is -2.10. The molecular weight excluding hydrogens is 288 g/mol. The summed E-state index contributed by atoms with van der Waals surface area (Å²) < 4.78 is 10.7. The Labute approximate surface area is 129 Å². The van der Waals surface area contributed by atoms with Gasteiger partial charge in [0.05, 0.1) is 0 Å². The van der Waals surface area contributed by atoms with Gasteiger partial charge in [-0.05, 0) is 56.2 Å². The van der Waals surface area contributed by atoms with Crippen LogP contribution in [0, 0.1) is 20.8 Å². The van der Waals surface area contributed by atoms with E-state index in [1.54, 1.807) is 18.2 Å². The molecule has 0 radical (unpaired) electrons. The van der Waals surface area contributed by atoms with Crippen LogP contribution >= 0.6 is 11.6 Å². The molecule has 0 aliphatic rings. The zero-order chi connectivity index (χ0) is 15.4. The Morgan fingerprint density at radius 2 is 1.81 bits per heavy atom. The van der Waals surface area contributed by atoms with Gasteiger partial charge in [0.25, 0.3) is 0 Å². The third-order valence-electron chi connectivity index (χ3n) is 3.04. The number of hydrogen-bond acceptors (Lipinski definition) is 3. The molecule has 0 unspecified atom stereocenters. The van der Waals surface area contributed by atoms with Crippen LogP contribution in [0.5, 0.6) is 11.5 Å². The van der Waals surface area contributed by atoms with E-state index in [4.69, 9.17) is 21.1 Å². The average Bonchev–Trinajstić information content (AvgIpc) is 2.42. The molecule has 0 heterocycles. The van der Waals surface area contributed by atoms with Crippen molar-refractivity contribution < 1.29 is 14.3 Å². The molecular formula is C17H17ClO3. The molecule has 0 aliphatic heterocycles. The normalized spacial score (nSPS) is 10.3. The predicted octanol–water partition coefficient (Wildman–Crippen LogP) is 4.25. The van der Waals surface area contributed by atoms with Crippen molar-refractivity contribution in [2.24, 2.45) is 0 Å². The number of esters is 1. The van der Waals surface area contributed by atoms with Gasteiger partial charge in [-0.15, -0.1) is 0 Å². The molecule has 0 aliphatic carbocycles. The monoisotopic (exact) mass is 304 g/mol. The first kappa shape index (κ1) is 15.4. The van der Waals surface area contributed by atoms with Gasteiger partial charge in [-0.25, -0.2) is 4.79 Å². The van der Waals surface area contributed by atoms with Gasteiger partial charge in [0, 0.05) is 5.02 Å². The quantitative estimate of drug-likeness (QED) is 0.626. The summed E-state index contributed by atoms with van der Waals surface area (Å²) in [5, 5.41) is 0.640. The molecule has 0 amide bonds. The highest BCUT2D eigenvalue weighted by atomic mass is 35.5. The van der Waals surface area contributed by atoms with Gasteiger partial charge in [0.2, 0.25) is 0 Å². The third-order valence-corrected chi connectivity index (χ3v) is 3.46. The molecule has 0 bridgehead atoms. The number of hydrogen-bond donors (Lipinski definition) is 0. The molecule has 3 nitrogen and oxygen atoms in total. The summed E-state index contributed by atoms with van der Waals surface area (Å²) >= 11 is 5.92. The van der Waals surface area contributed by atoms with Crippen LogP contribution in [0.25, 0.3) is 0 Å². The van der Waals surface area contributed by atoms with Gasteiger partial charge in [-0.3, -0.25) is 0 Å². The molecule has 0 N–H and O–H groups in total.